The molecule has 0 radical (unpaired) electrons. The molecule has 0 atom stereocenters. The minimum atomic E-state index is 0.647. The van der Waals surface area contributed by atoms with Gasteiger partial charge in [-0.15, -0.1) is 11.3 Å². The van der Waals surface area contributed by atoms with E-state index in [-0.39, 0.29) is 0 Å². The quantitative estimate of drug-likeness (QED) is 0.176. The highest BCUT2D eigenvalue weighted by Gasteiger charge is 2.24. The van der Waals surface area contributed by atoms with Gasteiger partial charge in [0.2, 0.25) is 5.95 Å². The number of fused-ring (bicyclic) bond motifs is 9. The molecule has 4 aromatic heterocycles. The summed E-state index contributed by atoms with van der Waals surface area (Å²) in [6.45, 7) is 0. The molecule has 0 N–H and O–H groups in total. The molecule has 0 unspecified atom stereocenters. The summed E-state index contributed by atoms with van der Waals surface area (Å²) in [4.78, 5) is 12.5. The van der Waals surface area contributed by atoms with E-state index in [0.29, 0.717) is 5.95 Å². The Morgan fingerprint density at radius 1 is 0.526 bits per heavy atom. The number of hydrogen-bond donors (Lipinski definition) is 0. The van der Waals surface area contributed by atoms with Crippen LogP contribution in [0.25, 0.3) is 105 Å². The maximum atomic E-state index is 5.56. The van der Waals surface area contributed by atoms with Crippen molar-refractivity contribution in [3.8, 4) is 45.3 Å². The van der Waals surface area contributed by atoms with Crippen LogP contribution in [0.2, 0.25) is 0 Å². The Morgan fingerprint density at radius 2 is 1.23 bits per heavy atom. The first kappa shape index (κ1) is 32.2. The van der Waals surface area contributed by atoms with Gasteiger partial charge in [-0.2, -0.15) is 0 Å². The molecule has 0 saturated heterocycles. The van der Waals surface area contributed by atoms with Crippen LogP contribution in [0.1, 0.15) is 16.9 Å². The van der Waals surface area contributed by atoms with E-state index in [4.69, 9.17) is 9.97 Å². The molecule has 0 amide bonds. The van der Waals surface area contributed by atoms with Crippen LogP contribution in [0.5, 0.6) is 0 Å². The summed E-state index contributed by atoms with van der Waals surface area (Å²) < 4.78 is 5.96. The number of nitrogens with zero attached hydrogens (tertiary/aromatic N) is 4. The summed E-state index contributed by atoms with van der Waals surface area (Å²) in [6.07, 6.45) is 6.81. The highest BCUT2D eigenvalue weighted by molar-refractivity contribution is 7.20. The van der Waals surface area contributed by atoms with Gasteiger partial charge in [-0.1, -0.05) is 127 Å². The number of aryl methyl sites for hydroxylation is 1. The second kappa shape index (κ2) is 12.7. The molecule has 11 aromatic rings. The zero-order valence-electron chi connectivity index (χ0n) is 30.9. The van der Waals surface area contributed by atoms with Crippen molar-refractivity contribution in [1.82, 2.24) is 19.1 Å². The lowest BCUT2D eigenvalue weighted by molar-refractivity contribution is 1.01. The minimum Gasteiger partial charge on any atom is -0.306 e. The number of para-hydroxylation sites is 1. The Hall–Kier alpha value is -7.08. The zero-order chi connectivity index (χ0) is 37.5. The number of thiophene rings is 1. The van der Waals surface area contributed by atoms with Crippen LogP contribution in [-0.2, 0) is 6.42 Å². The van der Waals surface area contributed by atoms with E-state index in [1.165, 1.54) is 53.2 Å². The second-order valence-electron chi connectivity index (χ2n) is 14.9. The highest BCUT2D eigenvalue weighted by atomic mass is 32.1. The van der Waals surface area contributed by atoms with Gasteiger partial charge in [-0.25, -0.2) is 9.97 Å². The summed E-state index contributed by atoms with van der Waals surface area (Å²) in [5.41, 5.74) is 13.1. The number of benzene rings is 7. The SMILES string of the molecule is C1=Cc2sc3ccc(-c4ccc5c(c4)c4c6ccccc6ccc4n5-c4nc(-c5ccccc5)c5c(cc(-c6ccccc6)n5-c5ccccc5)n4)cc3c2CC1. The van der Waals surface area contributed by atoms with Crippen molar-refractivity contribution in [3.63, 3.8) is 0 Å². The molecule has 1 aliphatic carbocycles. The maximum absolute atomic E-state index is 5.56. The predicted octanol–water partition coefficient (Wildman–Crippen LogP) is 13.8. The molecule has 0 fully saturated rings. The molecule has 7 aromatic carbocycles. The van der Waals surface area contributed by atoms with Crippen molar-refractivity contribution in [3.05, 3.63) is 186 Å². The van der Waals surface area contributed by atoms with Gasteiger partial charge in [0.05, 0.1) is 27.8 Å². The third-order valence-corrected chi connectivity index (χ3v) is 12.8. The van der Waals surface area contributed by atoms with Crippen molar-refractivity contribution in [2.75, 3.05) is 0 Å². The first-order valence-corrected chi connectivity index (χ1v) is 20.4. The zero-order valence-corrected chi connectivity index (χ0v) is 31.7. The van der Waals surface area contributed by atoms with Crippen LogP contribution in [0.3, 0.4) is 0 Å². The number of aromatic nitrogens is 4. The fourth-order valence-electron chi connectivity index (χ4n) is 9.00. The molecule has 5 heteroatoms. The van der Waals surface area contributed by atoms with Gasteiger partial charge >= 0.3 is 0 Å². The molecule has 0 aliphatic heterocycles. The van der Waals surface area contributed by atoms with Crippen LogP contribution in [0.4, 0.5) is 0 Å². The normalized spacial score (nSPS) is 12.7. The summed E-state index contributed by atoms with van der Waals surface area (Å²) in [5, 5.41) is 6.21. The van der Waals surface area contributed by atoms with E-state index in [9.17, 15) is 0 Å². The molecule has 0 spiro atoms. The summed E-state index contributed by atoms with van der Waals surface area (Å²) in [7, 11) is 0. The summed E-state index contributed by atoms with van der Waals surface area (Å²) >= 11 is 1.90. The van der Waals surface area contributed by atoms with Crippen LogP contribution in [-0.4, -0.2) is 19.1 Å². The Bertz CT molecular complexity index is 3390. The van der Waals surface area contributed by atoms with Gasteiger partial charge in [0.15, 0.2) is 0 Å². The third kappa shape index (κ3) is 5.06. The van der Waals surface area contributed by atoms with Crippen molar-refractivity contribution in [1.29, 1.82) is 0 Å². The van der Waals surface area contributed by atoms with Crippen LogP contribution < -0.4 is 0 Å². The van der Waals surface area contributed by atoms with Gasteiger partial charge < -0.3 is 4.57 Å². The smallest absolute Gasteiger partial charge is 0.235 e. The van der Waals surface area contributed by atoms with Gasteiger partial charge in [0.1, 0.15) is 5.69 Å². The monoisotopic (exact) mass is 746 g/mol. The van der Waals surface area contributed by atoms with E-state index in [2.05, 4.69) is 191 Å². The van der Waals surface area contributed by atoms with E-state index in [1.807, 2.05) is 11.3 Å². The van der Waals surface area contributed by atoms with E-state index < -0.39 is 0 Å². The van der Waals surface area contributed by atoms with Gasteiger partial charge in [0, 0.05) is 31.6 Å². The van der Waals surface area contributed by atoms with Gasteiger partial charge in [0.25, 0.3) is 0 Å². The molecule has 4 heterocycles. The van der Waals surface area contributed by atoms with Crippen molar-refractivity contribution < 1.29 is 0 Å². The van der Waals surface area contributed by atoms with Crippen LogP contribution in [0, 0.1) is 0 Å². The minimum absolute atomic E-state index is 0.647. The van der Waals surface area contributed by atoms with Crippen LogP contribution in [0.15, 0.2) is 176 Å². The maximum Gasteiger partial charge on any atom is 0.235 e. The molecular weight excluding hydrogens is 713 g/mol. The van der Waals surface area contributed by atoms with E-state index in [1.54, 1.807) is 0 Å². The molecule has 12 rings (SSSR count). The third-order valence-electron chi connectivity index (χ3n) is 11.6. The lowest BCUT2D eigenvalue weighted by Crippen LogP contribution is -2.05. The van der Waals surface area contributed by atoms with E-state index >= 15 is 0 Å². The summed E-state index contributed by atoms with van der Waals surface area (Å²) in [5.74, 6) is 0.647. The fraction of sp³-hybridized carbons (Fsp3) is 0.0385. The van der Waals surface area contributed by atoms with E-state index in [0.717, 1.165) is 63.1 Å². The first-order chi connectivity index (χ1) is 28.3. The standard InChI is InChI=1S/C52H34N4S/c1-4-15-34(16-5-1)46-32-43-51(55(46)38-19-8-3-9-20-38)50(35-17-6-2-7-18-35)54-52(53-43)56-44-27-25-36(31-42(44)49-39-21-11-10-14-33(39)24-28-45(49)56)37-26-29-48-41(30-37)40-22-12-13-23-47(40)57-48/h1-11,13-21,23-32H,12,22H2. The predicted molar refractivity (Wildman–Crippen MR) is 240 cm³/mol. The Labute approximate surface area is 333 Å². The van der Waals surface area contributed by atoms with Gasteiger partial charge in [-0.05, 0) is 106 Å². The van der Waals surface area contributed by atoms with Crippen molar-refractivity contribution in [2.24, 2.45) is 0 Å². The van der Waals surface area contributed by atoms with Crippen molar-refractivity contribution in [2.45, 2.75) is 12.8 Å². The molecule has 1 aliphatic rings. The topological polar surface area (TPSA) is 35.6 Å². The molecule has 0 bridgehead atoms. The first-order valence-electron chi connectivity index (χ1n) is 19.6. The van der Waals surface area contributed by atoms with Gasteiger partial charge in [-0.3, -0.25) is 4.57 Å². The number of hydrogen-bond acceptors (Lipinski definition) is 3. The largest absolute Gasteiger partial charge is 0.306 e. The molecule has 4 nitrogen and oxygen atoms in total. The second-order valence-corrected chi connectivity index (χ2v) is 16.0. The fourth-order valence-corrected chi connectivity index (χ4v) is 10.2. The number of allylic oxidation sites excluding steroid dienone is 1. The molecule has 57 heavy (non-hydrogen) atoms. The Morgan fingerprint density at radius 3 is 2.05 bits per heavy atom. The molecule has 268 valence electrons. The van der Waals surface area contributed by atoms with Crippen LogP contribution >= 0.6 is 11.3 Å². The molecular formula is C52H34N4S. The molecule has 0 saturated carbocycles. The summed E-state index contributed by atoms with van der Waals surface area (Å²) in [6, 6.07) is 61.1. The number of rotatable bonds is 5. The average molecular weight is 747 g/mol. The highest BCUT2D eigenvalue weighted by Crippen LogP contribution is 2.42. The van der Waals surface area contributed by atoms with Crippen molar-refractivity contribution >= 4 is 71.1 Å². The Balaban J connectivity index is 1.15. The lowest BCUT2D eigenvalue weighted by atomic mass is 9.96. The lowest BCUT2D eigenvalue weighted by Gasteiger charge is -2.15. The Kier molecular flexibility index (Phi) is 7.19. The average Bonchev–Trinajstić information content (AvgIpc) is 3.96.